The molecule has 1 fully saturated rings. The van der Waals surface area contributed by atoms with Crippen LogP contribution in [-0.4, -0.2) is 57.3 Å². The summed E-state index contributed by atoms with van der Waals surface area (Å²) in [4.78, 5) is 8.99. The monoisotopic (exact) mass is 379 g/mol. The van der Waals surface area contributed by atoms with E-state index in [0.717, 1.165) is 50.4 Å². The third-order valence-electron chi connectivity index (χ3n) is 5.51. The lowest BCUT2D eigenvalue weighted by Gasteiger charge is -2.39. The van der Waals surface area contributed by atoms with Crippen LogP contribution in [0.3, 0.4) is 0 Å². The van der Waals surface area contributed by atoms with Crippen molar-refractivity contribution in [3.63, 3.8) is 0 Å². The minimum atomic E-state index is -0.300. The van der Waals surface area contributed by atoms with Gasteiger partial charge in [-0.15, -0.1) is 0 Å². The van der Waals surface area contributed by atoms with E-state index in [1.807, 2.05) is 17.8 Å². The van der Waals surface area contributed by atoms with Gasteiger partial charge in [0, 0.05) is 52.2 Å². The van der Waals surface area contributed by atoms with Crippen molar-refractivity contribution in [3.8, 4) is 0 Å². The van der Waals surface area contributed by atoms with E-state index < -0.39 is 0 Å². The van der Waals surface area contributed by atoms with Gasteiger partial charge in [0.2, 0.25) is 0 Å². The summed E-state index contributed by atoms with van der Waals surface area (Å²) in [5, 5.41) is 4.32. The normalized spacial score (nSPS) is 16.9. The lowest BCUT2D eigenvalue weighted by Crippen LogP contribution is -2.48. The Morgan fingerprint density at radius 3 is 2.50 bits per heavy atom. The summed E-state index contributed by atoms with van der Waals surface area (Å²) in [5.74, 6) is -0.300. The van der Waals surface area contributed by atoms with Gasteiger partial charge < -0.3 is 4.90 Å². The quantitative estimate of drug-likeness (QED) is 0.660. The van der Waals surface area contributed by atoms with Crippen LogP contribution in [0.4, 0.5) is 4.39 Å². The van der Waals surface area contributed by atoms with Crippen LogP contribution < -0.4 is 0 Å². The van der Waals surface area contributed by atoms with E-state index in [2.05, 4.69) is 50.2 Å². The molecule has 0 aliphatic carbocycles. The van der Waals surface area contributed by atoms with Crippen LogP contribution >= 0.6 is 0 Å². The Balaban J connectivity index is 1.45. The lowest BCUT2D eigenvalue weighted by molar-refractivity contribution is 0.107. The molecule has 3 heterocycles. The fourth-order valence-corrected chi connectivity index (χ4v) is 3.98. The number of halogens is 1. The molecule has 2 aromatic heterocycles. The maximum absolute atomic E-state index is 13.8. The van der Waals surface area contributed by atoms with Crippen molar-refractivity contribution in [1.29, 1.82) is 0 Å². The first-order valence-electron chi connectivity index (χ1n) is 9.79. The molecule has 1 unspecified atom stereocenters. The minimum Gasteiger partial charge on any atom is -0.300 e. The molecule has 1 aliphatic heterocycles. The van der Waals surface area contributed by atoms with Gasteiger partial charge in [-0.1, -0.05) is 30.3 Å². The number of nitrogens with zero attached hydrogens (tertiary/aromatic N) is 5. The number of pyridine rings is 1. The predicted octanol–water partition coefficient (Wildman–Crippen LogP) is 2.90. The highest BCUT2D eigenvalue weighted by molar-refractivity contribution is 5.26. The summed E-state index contributed by atoms with van der Waals surface area (Å²) in [7, 11) is 1.94. The van der Waals surface area contributed by atoms with E-state index in [1.165, 1.54) is 11.8 Å². The molecule has 1 saturated heterocycles. The highest BCUT2D eigenvalue weighted by Gasteiger charge is 2.28. The molecular weight excluding hydrogens is 353 g/mol. The fourth-order valence-electron chi connectivity index (χ4n) is 3.98. The molecule has 0 spiro atoms. The van der Waals surface area contributed by atoms with Gasteiger partial charge in [0.1, 0.15) is 5.82 Å². The summed E-state index contributed by atoms with van der Waals surface area (Å²) in [6, 6.07) is 14.2. The molecule has 28 heavy (non-hydrogen) atoms. The van der Waals surface area contributed by atoms with Crippen LogP contribution in [-0.2, 0) is 13.5 Å². The standard InChI is InChI=1S/C22H26FN5/c1-26-21(7-9-25-26)22(19-15-20(23)17-24-16-19)28-13-11-27(12-14-28)10-8-18-5-3-2-4-6-18/h2-7,9,15-17,22H,8,10-14H2,1H3. The molecule has 0 amide bonds. The zero-order chi connectivity index (χ0) is 19.3. The molecule has 1 aliphatic rings. The Labute approximate surface area is 165 Å². The second kappa shape index (κ2) is 8.63. The van der Waals surface area contributed by atoms with Crippen LogP contribution in [0.5, 0.6) is 0 Å². The summed E-state index contributed by atoms with van der Waals surface area (Å²) in [6.45, 7) is 4.94. The van der Waals surface area contributed by atoms with Crippen molar-refractivity contribution in [1.82, 2.24) is 24.6 Å². The fraction of sp³-hybridized carbons (Fsp3) is 0.364. The molecule has 3 aromatic rings. The molecule has 4 rings (SSSR count). The average molecular weight is 379 g/mol. The van der Waals surface area contributed by atoms with Crippen LogP contribution in [0.2, 0.25) is 0 Å². The maximum atomic E-state index is 13.8. The van der Waals surface area contributed by atoms with Crippen molar-refractivity contribution in [2.24, 2.45) is 7.05 Å². The average Bonchev–Trinajstić information content (AvgIpc) is 3.14. The molecule has 1 aromatic carbocycles. The molecular formula is C22H26FN5. The number of rotatable bonds is 6. The first-order valence-corrected chi connectivity index (χ1v) is 9.79. The Kier molecular flexibility index (Phi) is 5.78. The molecule has 0 saturated carbocycles. The van der Waals surface area contributed by atoms with Crippen LogP contribution in [0, 0.1) is 5.82 Å². The Hall–Kier alpha value is -2.57. The van der Waals surface area contributed by atoms with Gasteiger partial charge in [0.25, 0.3) is 0 Å². The summed E-state index contributed by atoms with van der Waals surface area (Å²) >= 11 is 0. The van der Waals surface area contributed by atoms with E-state index >= 15 is 0 Å². The van der Waals surface area contributed by atoms with Crippen molar-refractivity contribution >= 4 is 0 Å². The van der Waals surface area contributed by atoms with E-state index in [0.29, 0.717) is 0 Å². The second-order valence-electron chi connectivity index (χ2n) is 7.33. The van der Waals surface area contributed by atoms with E-state index in [4.69, 9.17) is 0 Å². The third-order valence-corrected chi connectivity index (χ3v) is 5.51. The predicted molar refractivity (Wildman–Crippen MR) is 107 cm³/mol. The topological polar surface area (TPSA) is 37.2 Å². The van der Waals surface area contributed by atoms with Gasteiger partial charge in [-0.05, 0) is 29.7 Å². The highest BCUT2D eigenvalue weighted by Crippen LogP contribution is 2.29. The first-order chi connectivity index (χ1) is 13.7. The Morgan fingerprint density at radius 1 is 1.04 bits per heavy atom. The van der Waals surface area contributed by atoms with Crippen LogP contribution in [0.1, 0.15) is 22.9 Å². The zero-order valence-corrected chi connectivity index (χ0v) is 16.2. The number of hydrogen-bond acceptors (Lipinski definition) is 4. The molecule has 5 nitrogen and oxygen atoms in total. The summed E-state index contributed by atoms with van der Waals surface area (Å²) < 4.78 is 15.7. The van der Waals surface area contributed by atoms with Gasteiger partial charge in [-0.25, -0.2) is 4.39 Å². The van der Waals surface area contributed by atoms with E-state index in [9.17, 15) is 4.39 Å². The van der Waals surface area contributed by atoms with Crippen LogP contribution in [0.15, 0.2) is 61.1 Å². The van der Waals surface area contributed by atoms with Gasteiger partial charge in [0.05, 0.1) is 17.9 Å². The molecule has 0 N–H and O–H groups in total. The van der Waals surface area contributed by atoms with Crippen molar-refractivity contribution in [2.45, 2.75) is 12.5 Å². The van der Waals surface area contributed by atoms with Gasteiger partial charge in [0.15, 0.2) is 0 Å². The first kappa shape index (κ1) is 18.8. The van der Waals surface area contributed by atoms with E-state index in [-0.39, 0.29) is 11.9 Å². The summed E-state index contributed by atoms with van der Waals surface area (Å²) in [6.07, 6.45) is 5.89. The van der Waals surface area contributed by atoms with Crippen LogP contribution in [0.25, 0.3) is 0 Å². The SMILES string of the molecule is Cn1nccc1C(c1cncc(F)c1)N1CCN(CCc2ccccc2)CC1. The number of piperazine rings is 1. The Morgan fingerprint density at radius 2 is 1.82 bits per heavy atom. The van der Waals surface area contributed by atoms with Crippen molar-refractivity contribution in [2.75, 3.05) is 32.7 Å². The molecule has 1 atom stereocenters. The number of aromatic nitrogens is 3. The second-order valence-corrected chi connectivity index (χ2v) is 7.33. The number of hydrogen-bond donors (Lipinski definition) is 0. The number of benzene rings is 1. The molecule has 0 radical (unpaired) electrons. The summed E-state index contributed by atoms with van der Waals surface area (Å²) in [5.41, 5.74) is 3.31. The van der Waals surface area contributed by atoms with Gasteiger partial charge >= 0.3 is 0 Å². The van der Waals surface area contributed by atoms with Crippen molar-refractivity contribution < 1.29 is 4.39 Å². The van der Waals surface area contributed by atoms with Crippen molar-refractivity contribution in [3.05, 3.63) is 83.7 Å². The molecule has 146 valence electrons. The Bertz CT molecular complexity index is 887. The largest absolute Gasteiger partial charge is 0.300 e. The minimum absolute atomic E-state index is 0.0352. The molecule has 6 heteroatoms. The van der Waals surface area contributed by atoms with E-state index in [1.54, 1.807) is 18.5 Å². The number of aryl methyl sites for hydroxylation is 1. The zero-order valence-electron chi connectivity index (χ0n) is 16.2. The molecule has 0 bridgehead atoms. The maximum Gasteiger partial charge on any atom is 0.141 e. The lowest BCUT2D eigenvalue weighted by atomic mass is 10.0. The smallest absolute Gasteiger partial charge is 0.141 e. The van der Waals surface area contributed by atoms with Gasteiger partial charge in [-0.3, -0.25) is 14.6 Å². The third kappa shape index (κ3) is 4.29. The van der Waals surface area contributed by atoms with Gasteiger partial charge in [-0.2, -0.15) is 5.10 Å². The highest BCUT2D eigenvalue weighted by atomic mass is 19.1.